The molecule has 1 aliphatic rings. The van der Waals surface area contributed by atoms with Crippen molar-refractivity contribution in [1.82, 2.24) is 0 Å². The summed E-state index contributed by atoms with van der Waals surface area (Å²) in [6, 6.07) is 0. The molecule has 0 saturated carbocycles. The van der Waals surface area contributed by atoms with Crippen molar-refractivity contribution in [3.8, 4) is 0 Å². The van der Waals surface area contributed by atoms with Gasteiger partial charge >= 0.3 is 86.7 Å². The minimum absolute atomic E-state index is 0.565. The number of hydrogen-bond donors (Lipinski definition) is 1. The summed E-state index contributed by atoms with van der Waals surface area (Å²) in [5, 5.41) is 10.9. The molecule has 0 aromatic heterocycles. The minimum atomic E-state index is -0.748. The molecule has 0 aromatic carbocycles. The molecule has 0 saturated heterocycles. The molecule has 1 unspecified atom stereocenters. The van der Waals surface area contributed by atoms with Gasteiger partial charge in [0.05, 0.1) is 0 Å². The topological polar surface area (TPSA) is 32.6 Å². The molecule has 1 aliphatic heterocycles. The van der Waals surface area contributed by atoms with Crippen molar-refractivity contribution < 1.29 is 5.11 Å². The van der Waals surface area contributed by atoms with Crippen LogP contribution in [-0.2, 0) is 0 Å². The molecule has 1 rings (SSSR count). The second-order valence-corrected chi connectivity index (χ2v) is 6.23. The van der Waals surface area contributed by atoms with E-state index < -0.39 is 5.72 Å². The van der Waals surface area contributed by atoms with E-state index >= 15 is 0 Å². The van der Waals surface area contributed by atoms with Gasteiger partial charge in [-0.2, -0.15) is 0 Å². The van der Waals surface area contributed by atoms with Crippen LogP contribution in [0.25, 0.3) is 0 Å². The molecule has 0 spiro atoms. The summed E-state index contributed by atoms with van der Waals surface area (Å²) >= 11 is 0.565. The van der Waals surface area contributed by atoms with Gasteiger partial charge in [0.25, 0.3) is 0 Å². The molecule has 0 aromatic rings. The first kappa shape index (κ1) is 11.2. The maximum absolute atomic E-state index is 9.72. The first-order chi connectivity index (χ1) is 6.14. The Labute approximate surface area is 87.0 Å². The van der Waals surface area contributed by atoms with Crippen LogP contribution in [-0.4, -0.2) is 30.4 Å². The first-order valence-electron chi connectivity index (χ1n) is 5.08. The van der Waals surface area contributed by atoms with Crippen LogP contribution in [0.4, 0.5) is 0 Å². The number of aliphatic hydroxyl groups is 1. The number of hydrogen-bond acceptors (Lipinski definition) is 2. The Bertz CT molecular complexity index is 189. The van der Waals surface area contributed by atoms with Gasteiger partial charge in [0.15, 0.2) is 0 Å². The predicted molar refractivity (Wildman–Crippen MR) is 57.4 cm³/mol. The van der Waals surface area contributed by atoms with Crippen LogP contribution in [0.1, 0.15) is 46.0 Å². The van der Waals surface area contributed by atoms with Crippen LogP contribution in [0.3, 0.4) is 0 Å². The van der Waals surface area contributed by atoms with Crippen LogP contribution in [0.2, 0.25) is 5.32 Å². The van der Waals surface area contributed by atoms with E-state index in [0.717, 1.165) is 18.2 Å². The third-order valence-corrected chi connectivity index (χ3v) is 4.38. The zero-order valence-corrected chi connectivity index (χ0v) is 10.3. The number of aliphatic imine (C=N–C) groups is 1. The molecule has 0 fully saturated rings. The Morgan fingerprint density at radius 2 is 2.31 bits per heavy atom. The van der Waals surface area contributed by atoms with Gasteiger partial charge in [0, 0.05) is 0 Å². The van der Waals surface area contributed by atoms with Crippen molar-refractivity contribution in [2.24, 2.45) is 4.99 Å². The Hall–Kier alpha value is 0.149. The van der Waals surface area contributed by atoms with Gasteiger partial charge in [-0.15, -0.1) is 0 Å². The fraction of sp³-hybridized carbons (Fsp3) is 0.900. The predicted octanol–water partition coefficient (Wildman–Crippen LogP) is 2.20. The zero-order valence-electron chi connectivity index (χ0n) is 8.55. The van der Waals surface area contributed by atoms with Gasteiger partial charge in [0.1, 0.15) is 0 Å². The number of rotatable bonds is 4. The van der Waals surface area contributed by atoms with Gasteiger partial charge in [0.2, 0.25) is 0 Å². The third-order valence-electron chi connectivity index (χ3n) is 2.20. The molecule has 0 radical (unpaired) electrons. The van der Waals surface area contributed by atoms with Crippen LogP contribution in [0.15, 0.2) is 4.99 Å². The molecule has 0 amide bonds. The fourth-order valence-corrected chi connectivity index (χ4v) is 4.05. The SMILES string of the molecule is CCCCCC1=NC(C)(O)CC[Se]1. The van der Waals surface area contributed by atoms with Crippen LogP contribution in [0.5, 0.6) is 0 Å². The number of unbranched alkanes of at least 4 members (excludes halogenated alkanes) is 2. The van der Waals surface area contributed by atoms with Gasteiger partial charge in [-0.25, -0.2) is 0 Å². The van der Waals surface area contributed by atoms with Crippen molar-refractivity contribution in [3.05, 3.63) is 0 Å². The molecule has 76 valence electrons. The maximum atomic E-state index is 9.72. The Morgan fingerprint density at radius 1 is 1.54 bits per heavy atom. The monoisotopic (exact) mass is 249 g/mol. The summed E-state index contributed by atoms with van der Waals surface area (Å²) in [4.78, 5) is 4.39. The Morgan fingerprint density at radius 3 is 2.92 bits per heavy atom. The van der Waals surface area contributed by atoms with E-state index in [1.807, 2.05) is 6.92 Å². The van der Waals surface area contributed by atoms with Gasteiger partial charge in [-0.1, -0.05) is 0 Å². The number of nitrogens with zero attached hydrogens (tertiary/aromatic N) is 1. The van der Waals surface area contributed by atoms with Gasteiger partial charge in [-0.3, -0.25) is 0 Å². The van der Waals surface area contributed by atoms with Gasteiger partial charge < -0.3 is 0 Å². The van der Waals surface area contributed by atoms with Crippen molar-refractivity contribution in [2.75, 3.05) is 0 Å². The summed E-state index contributed by atoms with van der Waals surface area (Å²) in [6.45, 7) is 4.03. The quantitative estimate of drug-likeness (QED) is 0.600. The van der Waals surface area contributed by atoms with Crippen LogP contribution >= 0.6 is 0 Å². The average Bonchev–Trinajstić information content (AvgIpc) is 2.03. The van der Waals surface area contributed by atoms with Crippen molar-refractivity contribution in [1.29, 1.82) is 0 Å². The molecule has 0 bridgehead atoms. The summed E-state index contributed by atoms with van der Waals surface area (Å²) < 4.78 is 1.29. The fourth-order valence-electron chi connectivity index (χ4n) is 1.37. The van der Waals surface area contributed by atoms with Crippen molar-refractivity contribution in [2.45, 2.75) is 57.0 Å². The second-order valence-electron chi connectivity index (χ2n) is 3.78. The van der Waals surface area contributed by atoms with E-state index in [4.69, 9.17) is 0 Å². The molecular formula is C10H19NOSe. The van der Waals surface area contributed by atoms with Crippen LogP contribution in [0, 0.1) is 0 Å². The molecular weight excluding hydrogens is 229 g/mol. The summed E-state index contributed by atoms with van der Waals surface area (Å²) in [5.41, 5.74) is -0.748. The van der Waals surface area contributed by atoms with E-state index in [0.29, 0.717) is 15.0 Å². The zero-order chi connectivity index (χ0) is 9.73. The summed E-state index contributed by atoms with van der Waals surface area (Å²) in [6.07, 6.45) is 5.76. The average molecular weight is 248 g/mol. The third kappa shape index (κ3) is 4.26. The molecule has 2 nitrogen and oxygen atoms in total. The molecule has 0 aliphatic carbocycles. The standard InChI is InChI=1S/C10H19NOSe/c1-3-4-5-6-9-11-10(2,12)7-8-13-9/h12H,3-8H2,1-2H3. The Kier molecular flexibility index (Phi) is 4.43. The van der Waals surface area contributed by atoms with E-state index in [9.17, 15) is 5.11 Å². The summed E-state index contributed by atoms with van der Waals surface area (Å²) in [5.74, 6) is 0. The molecule has 13 heavy (non-hydrogen) atoms. The van der Waals surface area contributed by atoms with E-state index in [1.165, 1.54) is 23.9 Å². The summed E-state index contributed by atoms with van der Waals surface area (Å²) in [7, 11) is 0. The molecule has 3 heteroatoms. The molecule has 1 N–H and O–H groups in total. The van der Waals surface area contributed by atoms with Crippen molar-refractivity contribution >= 4 is 19.6 Å². The van der Waals surface area contributed by atoms with Gasteiger partial charge in [-0.05, 0) is 0 Å². The normalized spacial score (nSPS) is 28.7. The second kappa shape index (κ2) is 5.14. The van der Waals surface area contributed by atoms with E-state index in [-0.39, 0.29) is 0 Å². The van der Waals surface area contributed by atoms with Crippen LogP contribution < -0.4 is 0 Å². The van der Waals surface area contributed by atoms with E-state index in [1.54, 1.807) is 0 Å². The Balaban J connectivity index is 2.36. The molecule has 1 atom stereocenters. The first-order valence-corrected chi connectivity index (χ1v) is 7.15. The molecule has 1 heterocycles. The van der Waals surface area contributed by atoms with Crippen molar-refractivity contribution in [3.63, 3.8) is 0 Å². The van der Waals surface area contributed by atoms with E-state index in [2.05, 4.69) is 11.9 Å².